The van der Waals surface area contributed by atoms with Crippen molar-refractivity contribution in [2.24, 2.45) is 18.4 Å². The number of hydrogen-bond donors (Lipinski definition) is 0. The van der Waals surface area contributed by atoms with Crippen LogP contribution in [0.5, 0.6) is 0 Å². The molecule has 9 heteroatoms. The maximum atomic E-state index is 13.0. The van der Waals surface area contributed by atoms with Gasteiger partial charge in [0.1, 0.15) is 0 Å². The maximum absolute atomic E-state index is 13.0. The van der Waals surface area contributed by atoms with Gasteiger partial charge in [-0.15, -0.1) is 5.10 Å². The van der Waals surface area contributed by atoms with Crippen LogP contribution in [-0.4, -0.2) is 73.8 Å². The lowest BCUT2D eigenvalue weighted by atomic mass is 9.78. The van der Waals surface area contributed by atoms with Crippen molar-refractivity contribution in [3.05, 3.63) is 0 Å². The fourth-order valence-corrected chi connectivity index (χ4v) is 4.72. The summed E-state index contributed by atoms with van der Waals surface area (Å²) in [6.45, 7) is 3.06. The second-order valence-electron chi connectivity index (χ2n) is 7.52. The highest BCUT2D eigenvalue weighted by Gasteiger charge is 2.49. The fourth-order valence-electron chi connectivity index (χ4n) is 3.96. The lowest BCUT2D eigenvalue weighted by molar-refractivity contribution is -0.146. The van der Waals surface area contributed by atoms with Gasteiger partial charge in [-0.2, -0.15) is 0 Å². The summed E-state index contributed by atoms with van der Waals surface area (Å²) in [6.07, 6.45) is 5.29. The lowest BCUT2D eigenvalue weighted by Crippen LogP contribution is -2.51. The summed E-state index contributed by atoms with van der Waals surface area (Å²) in [4.78, 5) is 29.5. The number of piperidine rings is 1. The molecule has 0 N–H and O–H groups in total. The van der Waals surface area contributed by atoms with Gasteiger partial charge < -0.3 is 9.80 Å². The van der Waals surface area contributed by atoms with E-state index in [2.05, 4.69) is 20.4 Å². The van der Waals surface area contributed by atoms with Gasteiger partial charge in [-0.05, 0) is 48.4 Å². The monoisotopic (exact) mass is 364 g/mol. The van der Waals surface area contributed by atoms with E-state index in [9.17, 15) is 9.59 Å². The van der Waals surface area contributed by atoms with E-state index in [4.69, 9.17) is 0 Å². The summed E-state index contributed by atoms with van der Waals surface area (Å²) in [5.74, 6) is 1.38. The van der Waals surface area contributed by atoms with E-state index in [-0.39, 0.29) is 17.2 Å². The van der Waals surface area contributed by atoms with Gasteiger partial charge in [0.05, 0.1) is 11.2 Å². The molecule has 0 bridgehead atoms. The van der Waals surface area contributed by atoms with Crippen LogP contribution in [0.2, 0.25) is 0 Å². The maximum Gasteiger partial charge on any atom is 0.233 e. The number of likely N-dealkylation sites (tertiary alicyclic amines) is 2. The molecule has 2 aliphatic heterocycles. The summed E-state index contributed by atoms with van der Waals surface area (Å²) < 4.78 is 1.56. The first-order valence-electron chi connectivity index (χ1n) is 9.00. The summed E-state index contributed by atoms with van der Waals surface area (Å²) >= 11 is 1.34. The summed E-state index contributed by atoms with van der Waals surface area (Å²) in [5.41, 5.74) is -0.334. The molecule has 1 saturated carbocycles. The Morgan fingerprint density at radius 2 is 2.16 bits per heavy atom. The zero-order valence-corrected chi connectivity index (χ0v) is 15.4. The normalized spacial score (nSPS) is 26.7. The van der Waals surface area contributed by atoms with Crippen molar-refractivity contribution in [2.75, 3.05) is 31.9 Å². The third kappa shape index (κ3) is 3.38. The number of tetrazole rings is 1. The van der Waals surface area contributed by atoms with Gasteiger partial charge in [0.2, 0.25) is 17.0 Å². The summed E-state index contributed by atoms with van der Waals surface area (Å²) in [7, 11) is 1.76. The Morgan fingerprint density at radius 1 is 1.32 bits per heavy atom. The molecular formula is C16H24N6O2S. The zero-order valence-electron chi connectivity index (χ0n) is 14.6. The van der Waals surface area contributed by atoms with E-state index in [1.54, 1.807) is 11.7 Å². The Morgan fingerprint density at radius 3 is 2.88 bits per heavy atom. The molecule has 3 heterocycles. The van der Waals surface area contributed by atoms with Crippen LogP contribution in [0.25, 0.3) is 0 Å². The number of carbonyl (C=O) groups excluding carboxylic acids is 2. The van der Waals surface area contributed by atoms with Crippen molar-refractivity contribution in [1.29, 1.82) is 0 Å². The first-order chi connectivity index (χ1) is 12.1. The Bertz CT molecular complexity index is 675. The van der Waals surface area contributed by atoms with Crippen LogP contribution in [0, 0.1) is 11.3 Å². The molecule has 1 aromatic heterocycles. The number of carbonyl (C=O) groups is 2. The number of aromatic nitrogens is 4. The summed E-state index contributed by atoms with van der Waals surface area (Å²) in [5, 5.41) is 11.9. The van der Waals surface area contributed by atoms with E-state index in [1.165, 1.54) is 24.6 Å². The predicted molar refractivity (Wildman–Crippen MR) is 91.7 cm³/mol. The molecule has 8 nitrogen and oxygen atoms in total. The second-order valence-corrected chi connectivity index (χ2v) is 8.46. The van der Waals surface area contributed by atoms with Crippen LogP contribution in [-0.2, 0) is 16.6 Å². The van der Waals surface area contributed by atoms with Gasteiger partial charge in [0, 0.05) is 33.2 Å². The fraction of sp³-hybridized carbons (Fsp3) is 0.812. The second kappa shape index (κ2) is 6.59. The summed E-state index contributed by atoms with van der Waals surface area (Å²) in [6, 6.07) is 0. The largest absolute Gasteiger partial charge is 0.342 e. The SMILES string of the molecule is Cn1nnnc1SCC(=O)N1CC[C@@]2(CCCN(CC3CC3)C2=O)C1. The van der Waals surface area contributed by atoms with Crippen LogP contribution in [0.3, 0.4) is 0 Å². The van der Waals surface area contributed by atoms with Crippen LogP contribution in [0.4, 0.5) is 0 Å². The molecule has 1 aliphatic carbocycles. The van der Waals surface area contributed by atoms with Gasteiger partial charge in [-0.3, -0.25) is 9.59 Å². The quantitative estimate of drug-likeness (QED) is 0.710. The Labute approximate surface area is 151 Å². The highest BCUT2D eigenvalue weighted by Crippen LogP contribution is 2.41. The lowest BCUT2D eigenvalue weighted by Gasteiger charge is -2.39. The van der Waals surface area contributed by atoms with Crippen LogP contribution in [0.1, 0.15) is 32.1 Å². The molecule has 1 atom stereocenters. The standard InChI is InChI=1S/C16H24N6O2S/c1-20-15(17-18-19-20)25-10-13(23)22-8-6-16(11-22)5-2-7-21(14(16)24)9-12-3-4-12/h12H,2-11H2,1H3/t16-/m0/s1. The topological polar surface area (TPSA) is 84.2 Å². The Balaban J connectivity index is 1.35. The molecule has 1 aromatic rings. The van der Waals surface area contributed by atoms with Crippen LogP contribution >= 0.6 is 11.8 Å². The molecule has 2 amide bonds. The van der Waals surface area contributed by atoms with Crippen molar-refractivity contribution in [3.8, 4) is 0 Å². The highest BCUT2D eigenvalue weighted by molar-refractivity contribution is 7.99. The molecule has 0 radical (unpaired) electrons. The molecule has 0 aromatic carbocycles. The van der Waals surface area contributed by atoms with E-state index in [0.29, 0.717) is 24.0 Å². The first kappa shape index (κ1) is 16.8. The minimum atomic E-state index is -0.334. The minimum Gasteiger partial charge on any atom is -0.342 e. The van der Waals surface area contributed by atoms with Crippen molar-refractivity contribution in [3.63, 3.8) is 0 Å². The third-order valence-electron chi connectivity index (χ3n) is 5.61. The first-order valence-corrected chi connectivity index (χ1v) is 9.98. The molecule has 3 aliphatic rings. The van der Waals surface area contributed by atoms with Crippen molar-refractivity contribution in [1.82, 2.24) is 30.0 Å². The van der Waals surface area contributed by atoms with E-state index in [1.807, 2.05) is 4.90 Å². The van der Waals surface area contributed by atoms with Crippen molar-refractivity contribution < 1.29 is 9.59 Å². The number of thioether (sulfide) groups is 1. The number of nitrogens with zero attached hydrogens (tertiary/aromatic N) is 6. The molecule has 0 unspecified atom stereocenters. The molecular weight excluding hydrogens is 340 g/mol. The smallest absolute Gasteiger partial charge is 0.233 e. The van der Waals surface area contributed by atoms with Crippen molar-refractivity contribution in [2.45, 2.75) is 37.3 Å². The highest BCUT2D eigenvalue weighted by atomic mass is 32.2. The molecule has 3 fully saturated rings. The average Bonchev–Trinajstić information content (AvgIpc) is 3.16. The number of hydrogen-bond acceptors (Lipinski definition) is 6. The van der Waals surface area contributed by atoms with Gasteiger partial charge in [0.15, 0.2) is 0 Å². The Hall–Kier alpha value is -1.64. The number of aryl methyl sites for hydroxylation is 1. The van der Waals surface area contributed by atoms with Crippen LogP contribution < -0.4 is 0 Å². The van der Waals surface area contributed by atoms with E-state index in [0.717, 1.165) is 38.3 Å². The molecule has 1 spiro atoms. The van der Waals surface area contributed by atoms with Gasteiger partial charge in [0.25, 0.3) is 0 Å². The number of rotatable bonds is 5. The van der Waals surface area contributed by atoms with Gasteiger partial charge >= 0.3 is 0 Å². The third-order valence-corrected chi connectivity index (χ3v) is 6.61. The zero-order chi connectivity index (χ0) is 17.4. The minimum absolute atomic E-state index is 0.0667. The van der Waals surface area contributed by atoms with E-state index < -0.39 is 0 Å². The van der Waals surface area contributed by atoms with Gasteiger partial charge in [-0.25, -0.2) is 4.68 Å². The van der Waals surface area contributed by atoms with Gasteiger partial charge in [-0.1, -0.05) is 11.8 Å². The molecule has 2 saturated heterocycles. The number of amides is 2. The predicted octanol–water partition coefficient (Wildman–Crippen LogP) is 0.553. The van der Waals surface area contributed by atoms with E-state index >= 15 is 0 Å². The van der Waals surface area contributed by atoms with Crippen molar-refractivity contribution >= 4 is 23.6 Å². The molecule has 25 heavy (non-hydrogen) atoms. The van der Waals surface area contributed by atoms with Crippen LogP contribution in [0.15, 0.2) is 5.16 Å². The molecule has 136 valence electrons. The Kier molecular flexibility index (Phi) is 4.43. The average molecular weight is 364 g/mol. The molecule has 4 rings (SSSR count).